The van der Waals surface area contributed by atoms with Crippen molar-refractivity contribution in [3.8, 4) is 11.5 Å². The van der Waals surface area contributed by atoms with Crippen LogP contribution in [-0.4, -0.2) is 54.2 Å². The number of imide groups is 1. The molecule has 3 aromatic carbocycles. The van der Waals surface area contributed by atoms with Crippen LogP contribution < -0.4 is 24.6 Å². The Bertz CT molecular complexity index is 1890. The summed E-state index contributed by atoms with van der Waals surface area (Å²) >= 11 is 8.22. The first-order valence-electron chi connectivity index (χ1n) is 14.1. The summed E-state index contributed by atoms with van der Waals surface area (Å²) in [6, 6.07) is 17.8. The van der Waals surface area contributed by atoms with Gasteiger partial charge in [-0.15, -0.1) is 0 Å². The lowest BCUT2D eigenvalue weighted by Crippen LogP contribution is -2.32. The molecule has 3 amide bonds. The number of ether oxygens (including phenoxy) is 3. The monoisotopic (exact) mass is 679 g/mol. The van der Waals surface area contributed by atoms with Crippen LogP contribution >= 0.6 is 34.7 Å². The summed E-state index contributed by atoms with van der Waals surface area (Å²) < 4.78 is 16.3. The number of methoxy groups -OCH3 is 1. The number of fused-ring (bicyclic) bond motifs is 2. The van der Waals surface area contributed by atoms with Crippen molar-refractivity contribution in [1.82, 2.24) is 4.98 Å². The molecule has 236 valence electrons. The lowest BCUT2D eigenvalue weighted by molar-refractivity contribution is -0.122. The number of carbonyl (C=O) groups is 4. The third kappa shape index (κ3) is 6.00. The van der Waals surface area contributed by atoms with Crippen LogP contribution in [0.15, 0.2) is 76.6 Å². The molecule has 0 spiro atoms. The zero-order valence-electron chi connectivity index (χ0n) is 24.4. The molecule has 0 radical (unpaired) electrons. The fourth-order valence-electron chi connectivity index (χ4n) is 5.46. The molecule has 46 heavy (non-hydrogen) atoms. The maximum absolute atomic E-state index is 13.9. The first-order chi connectivity index (χ1) is 22.2. The number of benzene rings is 3. The predicted octanol–water partition coefficient (Wildman–Crippen LogP) is 5.09. The lowest BCUT2D eigenvalue weighted by Gasteiger charge is -2.30. The number of nitrogens with zero attached hydrogens (tertiary/aromatic N) is 1. The first kappa shape index (κ1) is 31.4. The summed E-state index contributed by atoms with van der Waals surface area (Å²) in [5.74, 6) is -2.49. The average molecular weight is 680 g/mol. The van der Waals surface area contributed by atoms with E-state index in [9.17, 15) is 24.0 Å². The van der Waals surface area contributed by atoms with Crippen LogP contribution in [0, 0.1) is 5.92 Å². The van der Waals surface area contributed by atoms with Gasteiger partial charge in [0.1, 0.15) is 5.25 Å². The number of hydrogen-bond acceptors (Lipinski definition) is 10. The fourth-order valence-corrected chi connectivity index (χ4v) is 8.10. The van der Waals surface area contributed by atoms with Crippen LogP contribution in [0.3, 0.4) is 0 Å². The van der Waals surface area contributed by atoms with Crippen molar-refractivity contribution < 1.29 is 33.4 Å². The molecule has 6 rings (SSSR count). The van der Waals surface area contributed by atoms with E-state index in [-0.39, 0.29) is 35.7 Å². The highest BCUT2D eigenvalue weighted by Crippen LogP contribution is 2.53. The van der Waals surface area contributed by atoms with Crippen LogP contribution in [0.25, 0.3) is 0 Å². The van der Waals surface area contributed by atoms with Gasteiger partial charge >= 0.3 is 10.8 Å². The quantitative estimate of drug-likeness (QED) is 0.183. The Morgan fingerprint density at radius 3 is 2.41 bits per heavy atom. The number of nitrogens with one attached hydrogen (secondary N) is 2. The van der Waals surface area contributed by atoms with E-state index in [0.717, 1.165) is 11.3 Å². The lowest BCUT2D eigenvalue weighted by atomic mass is 9.83. The Morgan fingerprint density at radius 2 is 1.72 bits per heavy atom. The van der Waals surface area contributed by atoms with E-state index in [2.05, 4.69) is 10.3 Å². The molecule has 1 fully saturated rings. The SMILES string of the molecule is CCOC(=O)c1ccc(NC(=O)COc2ccc(C3c4sc(=O)[nH]c4SC4C(=O)N(c5ccc(Cl)cc5)C(=O)C43)cc2OC)cc1. The number of H-pyrrole nitrogens is 1. The van der Waals surface area contributed by atoms with Crippen LogP contribution in [-0.2, 0) is 19.1 Å². The number of halogens is 1. The number of aromatic amines is 1. The van der Waals surface area contributed by atoms with Gasteiger partial charge in [0.05, 0.1) is 35.9 Å². The topological polar surface area (TPSA) is 144 Å². The minimum Gasteiger partial charge on any atom is -0.493 e. The molecule has 11 nitrogen and oxygen atoms in total. The highest BCUT2D eigenvalue weighted by Gasteiger charge is 2.56. The molecule has 3 heterocycles. The van der Waals surface area contributed by atoms with E-state index >= 15 is 0 Å². The summed E-state index contributed by atoms with van der Waals surface area (Å²) in [6.45, 7) is 1.64. The van der Waals surface area contributed by atoms with Crippen molar-refractivity contribution in [2.75, 3.05) is 30.5 Å². The van der Waals surface area contributed by atoms with Crippen molar-refractivity contribution in [1.29, 1.82) is 0 Å². The zero-order chi connectivity index (χ0) is 32.5. The highest BCUT2D eigenvalue weighted by atomic mass is 35.5. The molecular formula is C32H26ClN3O8S2. The van der Waals surface area contributed by atoms with Gasteiger partial charge in [0.25, 0.3) is 5.91 Å². The number of amides is 3. The van der Waals surface area contributed by atoms with E-state index in [0.29, 0.717) is 43.2 Å². The molecule has 0 saturated carbocycles. The summed E-state index contributed by atoms with van der Waals surface area (Å²) in [7, 11) is 1.45. The molecule has 0 aliphatic carbocycles. The number of esters is 1. The molecule has 3 atom stereocenters. The number of aromatic nitrogens is 1. The van der Waals surface area contributed by atoms with Gasteiger partial charge in [0.15, 0.2) is 18.1 Å². The number of carbonyl (C=O) groups excluding carboxylic acids is 4. The predicted molar refractivity (Wildman–Crippen MR) is 173 cm³/mol. The molecular weight excluding hydrogens is 654 g/mol. The zero-order valence-corrected chi connectivity index (χ0v) is 26.8. The van der Waals surface area contributed by atoms with E-state index in [1.807, 2.05) is 0 Å². The van der Waals surface area contributed by atoms with Gasteiger partial charge in [0, 0.05) is 21.5 Å². The van der Waals surface area contributed by atoms with Gasteiger partial charge in [-0.1, -0.05) is 40.8 Å². The van der Waals surface area contributed by atoms with Crippen molar-refractivity contribution in [3.05, 3.63) is 97.4 Å². The van der Waals surface area contributed by atoms with Gasteiger partial charge in [-0.3, -0.25) is 19.2 Å². The van der Waals surface area contributed by atoms with E-state index in [4.69, 9.17) is 25.8 Å². The summed E-state index contributed by atoms with van der Waals surface area (Å²) in [6.07, 6.45) is 0. The second-order valence-electron chi connectivity index (χ2n) is 10.3. The largest absolute Gasteiger partial charge is 0.493 e. The van der Waals surface area contributed by atoms with Crippen LogP contribution in [0.1, 0.15) is 33.6 Å². The highest BCUT2D eigenvalue weighted by molar-refractivity contribution is 8.00. The third-order valence-corrected chi connectivity index (χ3v) is 10.1. The smallest absolute Gasteiger partial charge is 0.338 e. The van der Waals surface area contributed by atoms with Gasteiger partial charge in [-0.05, 0) is 73.2 Å². The Morgan fingerprint density at radius 1 is 0.978 bits per heavy atom. The maximum atomic E-state index is 13.9. The third-order valence-electron chi connectivity index (χ3n) is 7.49. The summed E-state index contributed by atoms with van der Waals surface area (Å²) in [5.41, 5.74) is 1.89. The van der Waals surface area contributed by atoms with Crippen LogP contribution in [0.2, 0.25) is 5.02 Å². The molecule has 1 aromatic heterocycles. The van der Waals surface area contributed by atoms with E-state index < -0.39 is 29.0 Å². The van der Waals surface area contributed by atoms with Crippen LogP contribution in [0.4, 0.5) is 11.4 Å². The van der Waals surface area contributed by atoms with Crippen molar-refractivity contribution in [2.24, 2.45) is 5.92 Å². The number of thiazole rings is 1. The van der Waals surface area contributed by atoms with Gasteiger partial charge in [0.2, 0.25) is 11.8 Å². The number of thioether (sulfide) groups is 1. The minimum atomic E-state index is -0.787. The Hall–Kier alpha value is -4.59. The number of anilines is 2. The molecule has 2 aliphatic rings. The van der Waals surface area contributed by atoms with Crippen molar-refractivity contribution >= 4 is 69.8 Å². The summed E-state index contributed by atoms with van der Waals surface area (Å²) in [4.78, 5) is 68.8. The van der Waals surface area contributed by atoms with Crippen LogP contribution in [0.5, 0.6) is 11.5 Å². The van der Waals surface area contributed by atoms with Gasteiger partial charge < -0.3 is 24.5 Å². The molecule has 2 aliphatic heterocycles. The molecule has 1 saturated heterocycles. The average Bonchev–Trinajstić information content (AvgIpc) is 3.54. The van der Waals surface area contributed by atoms with E-state index in [1.165, 1.54) is 23.8 Å². The van der Waals surface area contributed by atoms with Crippen molar-refractivity contribution in [2.45, 2.75) is 23.1 Å². The molecule has 14 heteroatoms. The second kappa shape index (κ2) is 13.0. The number of hydrogen-bond donors (Lipinski definition) is 2. The van der Waals surface area contributed by atoms with E-state index in [1.54, 1.807) is 73.7 Å². The first-order valence-corrected chi connectivity index (χ1v) is 16.2. The normalized spacial score (nSPS) is 18.5. The second-order valence-corrected chi connectivity index (χ2v) is 12.9. The molecule has 4 aromatic rings. The molecule has 0 bridgehead atoms. The Labute approximate surface area is 275 Å². The fraction of sp³-hybridized carbons (Fsp3) is 0.219. The maximum Gasteiger partial charge on any atom is 0.338 e. The van der Waals surface area contributed by atoms with Gasteiger partial charge in [-0.25, -0.2) is 9.69 Å². The Balaban J connectivity index is 1.22. The minimum absolute atomic E-state index is 0.259. The van der Waals surface area contributed by atoms with Gasteiger partial charge in [-0.2, -0.15) is 0 Å². The standard InChI is InChI=1S/C32H26ClN3O8S2/c1-3-43-31(40)16-4-9-19(10-5-16)34-23(37)15-44-21-13-6-17(14-22(21)42-2)24-25-27(45-28-26(24)46-32(41)35-28)30(39)36(29(25)38)20-11-7-18(33)8-12-20/h4-14,24-25,27H,3,15H2,1-2H3,(H,34,37)(H,35,41). The molecule has 2 N–H and O–H groups in total. The number of rotatable bonds is 9. The molecule has 3 unspecified atom stereocenters. The van der Waals surface area contributed by atoms with Crippen molar-refractivity contribution in [3.63, 3.8) is 0 Å². The summed E-state index contributed by atoms with van der Waals surface area (Å²) in [5, 5.41) is 2.97. The Kier molecular flexibility index (Phi) is 8.89.